The lowest BCUT2D eigenvalue weighted by molar-refractivity contribution is -0.121. The monoisotopic (exact) mass is 367 g/mol. The van der Waals surface area contributed by atoms with Crippen molar-refractivity contribution in [3.8, 4) is 0 Å². The first-order valence-corrected chi connectivity index (χ1v) is 9.70. The second-order valence-electron chi connectivity index (χ2n) is 7.28. The molecule has 3 heterocycles. The molecule has 1 aliphatic rings. The molecule has 0 bridgehead atoms. The van der Waals surface area contributed by atoms with Gasteiger partial charge in [0.1, 0.15) is 0 Å². The molecule has 6 nitrogen and oxygen atoms in total. The smallest absolute Gasteiger partial charge is 0.233 e. The number of nitrogens with zero attached hydrogens (tertiary/aromatic N) is 3. The van der Waals surface area contributed by atoms with E-state index in [1.165, 1.54) is 11.1 Å². The molecule has 1 aliphatic heterocycles. The van der Waals surface area contributed by atoms with Crippen LogP contribution in [0.4, 0.5) is 0 Å². The van der Waals surface area contributed by atoms with Crippen molar-refractivity contribution in [3.63, 3.8) is 0 Å². The number of carbonyl (C=O) groups is 1. The Kier molecular flexibility index (Phi) is 6.53. The predicted molar refractivity (Wildman–Crippen MR) is 106 cm³/mol. The Bertz CT molecular complexity index is 725. The third-order valence-electron chi connectivity index (χ3n) is 5.47. The highest BCUT2D eigenvalue weighted by molar-refractivity contribution is 5.75. The largest absolute Gasteiger partial charge is 0.294 e. The number of carbonyl (C=O) groups excluding carboxylic acids is 1. The maximum atomic E-state index is 11.6. The van der Waals surface area contributed by atoms with Gasteiger partial charge in [-0.1, -0.05) is 12.1 Å². The molecule has 3 rings (SSSR count). The van der Waals surface area contributed by atoms with Gasteiger partial charge in [0.2, 0.25) is 5.91 Å². The van der Waals surface area contributed by atoms with Gasteiger partial charge in [0.05, 0.1) is 23.5 Å². The Morgan fingerprint density at radius 2 is 1.67 bits per heavy atom. The molecule has 144 valence electrons. The summed E-state index contributed by atoms with van der Waals surface area (Å²) in [5.41, 5.74) is 6.93. The molecule has 6 heteroatoms. The van der Waals surface area contributed by atoms with E-state index in [0.29, 0.717) is 6.42 Å². The summed E-state index contributed by atoms with van der Waals surface area (Å²) in [6.45, 7) is 5.06. The molecule has 2 aromatic heterocycles. The Labute approximate surface area is 161 Å². The lowest BCUT2D eigenvalue weighted by Crippen LogP contribution is -2.39. The normalized spacial score (nSPS) is 20.4. The predicted octanol–water partition coefficient (Wildman–Crippen LogP) is 3.13. The average Bonchev–Trinajstić information content (AvgIpc) is 2.69. The van der Waals surface area contributed by atoms with E-state index in [4.69, 9.17) is 15.8 Å². The van der Waals surface area contributed by atoms with Gasteiger partial charge in [-0.25, -0.2) is 5.84 Å². The number of likely N-dealkylation sites (tertiary alicyclic amines) is 1. The van der Waals surface area contributed by atoms with Crippen LogP contribution in [0.5, 0.6) is 0 Å². The standard InChI is InChI=1S/C21H29N5O/c1-15-7-4-12-23-20(15)17-9-3-10-18(21-16(2)8-5-13-24-21)26(17)14-6-11-19(27)25-22/h4-5,7-8,12-13,17-18H,3,6,9-11,14,22H2,1-2H3,(H,25,27)/t17-,18+. The maximum Gasteiger partial charge on any atom is 0.233 e. The first-order chi connectivity index (χ1) is 13.1. The Hall–Kier alpha value is -2.31. The minimum absolute atomic E-state index is 0.122. The molecule has 3 N–H and O–H groups in total. The highest BCUT2D eigenvalue weighted by Crippen LogP contribution is 2.42. The molecule has 27 heavy (non-hydrogen) atoms. The zero-order valence-electron chi connectivity index (χ0n) is 16.2. The number of hydrogen-bond donors (Lipinski definition) is 2. The first-order valence-electron chi connectivity index (χ1n) is 9.70. The van der Waals surface area contributed by atoms with Crippen LogP contribution in [0.3, 0.4) is 0 Å². The lowest BCUT2D eigenvalue weighted by atomic mass is 9.88. The maximum absolute atomic E-state index is 11.6. The highest BCUT2D eigenvalue weighted by atomic mass is 16.2. The van der Waals surface area contributed by atoms with E-state index in [-0.39, 0.29) is 18.0 Å². The van der Waals surface area contributed by atoms with Gasteiger partial charge in [-0.05, 0) is 69.3 Å². The van der Waals surface area contributed by atoms with Crippen LogP contribution in [-0.2, 0) is 4.79 Å². The first kappa shape index (κ1) is 19.5. The number of hydrogen-bond acceptors (Lipinski definition) is 5. The van der Waals surface area contributed by atoms with Gasteiger partial charge in [-0.3, -0.25) is 25.1 Å². The van der Waals surface area contributed by atoms with Crippen molar-refractivity contribution in [1.29, 1.82) is 0 Å². The molecule has 0 unspecified atom stereocenters. The average molecular weight is 367 g/mol. The summed E-state index contributed by atoms with van der Waals surface area (Å²) >= 11 is 0. The van der Waals surface area contributed by atoms with Gasteiger partial charge in [0.15, 0.2) is 0 Å². The summed E-state index contributed by atoms with van der Waals surface area (Å²) in [6, 6.07) is 8.70. The van der Waals surface area contributed by atoms with Crippen LogP contribution in [-0.4, -0.2) is 27.3 Å². The molecule has 2 aromatic rings. The molecule has 0 radical (unpaired) electrons. The third kappa shape index (κ3) is 4.51. The van der Waals surface area contributed by atoms with E-state index in [1.54, 1.807) is 0 Å². The lowest BCUT2D eigenvalue weighted by Gasteiger charge is -2.42. The zero-order valence-corrected chi connectivity index (χ0v) is 16.2. The summed E-state index contributed by atoms with van der Waals surface area (Å²) in [6.07, 6.45) is 8.21. The topological polar surface area (TPSA) is 84.1 Å². The Balaban J connectivity index is 1.90. The molecule has 0 spiro atoms. The van der Waals surface area contributed by atoms with E-state index in [9.17, 15) is 4.79 Å². The summed E-state index contributed by atoms with van der Waals surface area (Å²) in [4.78, 5) is 23.5. The van der Waals surface area contributed by atoms with Gasteiger partial charge in [0.25, 0.3) is 0 Å². The van der Waals surface area contributed by atoms with E-state index in [1.807, 2.05) is 24.5 Å². The Morgan fingerprint density at radius 1 is 1.11 bits per heavy atom. The number of nitrogens with two attached hydrogens (primary N) is 1. The van der Waals surface area contributed by atoms with Crippen molar-refractivity contribution in [2.75, 3.05) is 6.54 Å². The molecular weight excluding hydrogens is 338 g/mol. The molecule has 1 saturated heterocycles. The van der Waals surface area contributed by atoms with E-state index >= 15 is 0 Å². The highest BCUT2D eigenvalue weighted by Gasteiger charge is 2.34. The number of nitrogens with one attached hydrogen (secondary N) is 1. The molecule has 1 amide bonds. The van der Waals surface area contributed by atoms with E-state index in [0.717, 1.165) is 43.6 Å². The molecule has 1 fully saturated rings. The number of pyridine rings is 2. The number of aromatic nitrogens is 2. The van der Waals surface area contributed by atoms with Crippen LogP contribution < -0.4 is 11.3 Å². The van der Waals surface area contributed by atoms with E-state index < -0.39 is 0 Å². The second kappa shape index (κ2) is 9.06. The quantitative estimate of drug-likeness (QED) is 0.465. The van der Waals surface area contributed by atoms with Crippen molar-refractivity contribution in [3.05, 3.63) is 59.2 Å². The third-order valence-corrected chi connectivity index (χ3v) is 5.47. The number of aryl methyl sites for hydroxylation is 2. The Morgan fingerprint density at radius 3 is 2.15 bits per heavy atom. The van der Waals surface area contributed by atoms with E-state index in [2.05, 4.69) is 36.3 Å². The van der Waals surface area contributed by atoms with Crippen molar-refractivity contribution in [2.45, 2.75) is 58.0 Å². The van der Waals surface area contributed by atoms with Gasteiger partial charge >= 0.3 is 0 Å². The van der Waals surface area contributed by atoms with Crippen LogP contribution >= 0.6 is 0 Å². The van der Waals surface area contributed by atoms with Crippen molar-refractivity contribution < 1.29 is 4.79 Å². The summed E-state index contributed by atoms with van der Waals surface area (Å²) in [7, 11) is 0. The zero-order chi connectivity index (χ0) is 19.2. The molecule has 0 saturated carbocycles. The number of amides is 1. The summed E-state index contributed by atoms with van der Waals surface area (Å²) in [5, 5.41) is 0. The van der Waals surface area contributed by atoms with Gasteiger partial charge in [-0.15, -0.1) is 0 Å². The fraction of sp³-hybridized carbons (Fsp3) is 0.476. The van der Waals surface area contributed by atoms with Crippen LogP contribution in [0.1, 0.15) is 66.7 Å². The number of rotatable bonds is 6. The van der Waals surface area contributed by atoms with Crippen molar-refractivity contribution >= 4 is 5.91 Å². The summed E-state index contributed by atoms with van der Waals surface area (Å²) < 4.78 is 0. The molecule has 0 aromatic carbocycles. The van der Waals surface area contributed by atoms with Gasteiger partial charge < -0.3 is 0 Å². The molecule has 2 atom stereocenters. The van der Waals surface area contributed by atoms with Crippen molar-refractivity contribution in [1.82, 2.24) is 20.3 Å². The fourth-order valence-electron chi connectivity index (χ4n) is 4.14. The minimum Gasteiger partial charge on any atom is -0.294 e. The van der Waals surface area contributed by atoms with Crippen LogP contribution in [0.15, 0.2) is 36.7 Å². The number of hydrazine groups is 1. The van der Waals surface area contributed by atoms with Crippen LogP contribution in [0.2, 0.25) is 0 Å². The van der Waals surface area contributed by atoms with Gasteiger partial charge in [-0.2, -0.15) is 0 Å². The van der Waals surface area contributed by atoms with Gasteiger partial charge in [0, 0.05) is 18.8 Å². The van der Waals surface area contributed by atoms with Crippen LogP contribution in [0.25, 0.3) is 0 Å². The fourth-order valence-corrected chi connectivity index (χ4v) is 4.14. The van der Waals surface area contributed by atoms with Crippen LogP contribution in [0, 0.1) is 13.8 Å². The summed E-state index contributed by atoms with van der Waals surface area (Å²) in [5.74, 6) is 5.11. The molecular formula is C21H29N5O. The minimum atomic E-state index is -0.122. The van der Waals surface area contributed by atoms with Crippen molar-refractivity contribution in [2.24, 2.45) is 5.84 Å². The number of piperidine rings is 1. The SMILES string of the molecule is Cc1cccnc1[C@H]1CCC[C@@H](c2ncccc2C)N1CCCC(=O)NN. The second-order valence-corrected chi connectivity index (χ2v) is 7.28. The molecule has 0 aliphatic carbocycles.